The third kappa shape index (κ3) is 12.3. The van der Waals surface area contributed by atoms with Gasteiger partial charge < -0.3 is 14.8 Å². The molecule has 2 aliphatic heterocycles. The Labute approximate surface area is 286 Å². The number of rotatable bonds is 16. The summed E-state index contributed by atoms with van der Waals surface area (Å²) < 4.78 is 0. The van der Waals surface area contributed by atoms with Gasteiger partial charge in [0.1, 0.15) is 0 Å². The van der Waals surface area contributed by atoms with E-state index in [0.717, 1.165) is 136 Å². The van der Waals surface area contributed by atoms with Crippen molar-refractivity contribution in [1.29, 1.82) is 0 Å². The molecular formula is C38H56N4O4S. The van der Waals surface area contributed by atoms with Crippen LogP contribution in [-0.2, 0) is 9.68 Å². The number of aliphatic hydroxyl groups is 1. The summed E-state index contributed by atoms with van der Waals surface area (Å²) in [5.41, 5.74) is 3.68. The lowest BCUT2D eigenvalue weighted by Crippen LogP contribution is -2.41. The minimum absolute atomic E-state index is 0.349. The molecule has 4 rings (SSSR count). The number of piperidine rings is 2. The number of oxime groups is 2. The van der Waals surface area contributed by atoms with Crippen molar-refractivity contribution >= 4 is 29.3 Å². The van der Waals surface area contributed by atoms with Crippen LogP contribution in [0.3, 0.4) is 0 Å². The van der Waals surface area contributed by atoms with Crippen LogP contribution < -0.4 is 0 Å². The van der Waals surface area contributed by atoms with Crippen molar-refractivity contribution in [3.05, 3.63) is 59.7 Å². The van der Waals surface area contributed by atoms with Gasteiger partial charge in [-0.15, -0.1) is 0 Å². The van der Waals surface area contributed by atoms with Gasteiger partial charge >= 0.3 is 6.09 Å². The Balaban J connectivity index is 1.38. The minimum Gasteiger partial charge on any atom is -0.346 e. The van der Waals surface area contributed by atoms with Crippen LogP contribution >= 0.6 is 11.8 Å². The van der Waals surface area contributed by atoms with Crippen LogP contribution in [0.15, 0.2) is 68.6 Å². The van der Waals surface area contributed by atoms with Crippen LogP contribution in [0.5, 0.6) is 0 Å². The first-order valence-corrected chi connectivity index (χ1v) is 18.7. The van der Waals surface area contributed by atoms with Gasteiger partial charge in [-0.1, -0.05) is 99.7 Å². The molecule has 1 amide bonds. The van der Waals surface area contributed by atoms with Gasteiger partial charge in [0.2, 0.25) is 0 Å². The van der Waals surface area contributed by atoms with Crippen LogP contribution in [0.4, 0.5) is 4.79 Å². The molecule has 0 bridgehead atoms. The zero-order valence-electron chi connectivity index (χ0n) is 29.0. The zero-order valence-corrected chi connectivity index (χ0v) is 29.9. The van der Waals surface area contributed by atoms with Crippen molar-refractivity contribution in [2.24, 2.45) is 22.1 Å². The zero-order chi connectivity index (χ0) is 33.4. The third-order valence-corrected chi connectivity index (χ3v) is 10.3. The van der Waals surface area contributed by atoms with Gasteiger partial charge in [-0.05, 0) is 98.6 Å². The molecule has 1 atom stereocenters. The van der Waals surface area contributed by atoms with Crippen molar-refractivity contribution in [2.45, 2.75) is 121 Å². The number of carbonyl (C=O) groups excluding carboxylic acids is 1. The van der Waals surface area contributed by atoms with Crippen molar-refractivity contribution < 1.29 is 19.6 Å². The third-order valence-electron chi connectivity index (χ3n) is 9.31. The number of amides is 1. The normalized spacial score (nSPS) is 17.9. The van der Waals surface area contributed by atoms with Crippen molar-refractivity contribution in [3.8, 4) is 0 Å². The fourth-order valence-corrected chi connectivity index (χ4v) is 6.72. The second-order valence-electron chi connectivity index (χ2n) is 13.3. The SMILES string of the molecule is CCCCC/C(=N/OC(=O)N1CCC(C)CC1)c1ccc(Sc2ccc(/C(CCCCC)=N\OC(O)N3CCC(C)CC3)cc2)cc1. The molecule has 47 heavy (non-hydrogen) atoms. The molecule has 0 saturated carbocycles. The molecule has 9 heteroatoms. The van der Waals surface area contributed by atoms with Gasteiger partial charge in [0.05, 0.1) is 11.4 Å². The summed E-state index contributed by atoms with van der Waals surface area (Å²) in [5.74, 6) is 1.34. The van der Waals surface area contributed by atoms with E-state index in [9.17, 15) is 9.90 Å². The van der Waals surface area contributed by atoms with Crippen LogP contribution in [0.25, 0.3) is 0 Å². The first kappa shape index (κ1) is 36.9. The predicted octanol–water partition coefficient (Wildman–Crippen LogP) is 9.30. The van der Waals surface area contributed by atoms with Gasteiger partial charge in [0.25, 0.3) is 6.41 Å². The van der Waals surface area contributed by atoms with E-state index in [-0.39, 0.29) is 6.09 Å². The number of likely N-dealkylation sites (tertiary alicyclic amines) is 2. The fraction of sp³-hybridized carbons (Fsp3) is 0.605. The van der Waals surface area contributed by atoms with Gasteiger partial charge in [-0.3, -0.25) is 4.84 Å². The van der Waals surface area contributed by atoms with Crippen LogP contribution in [0.2, 0.25) is 0 Å². The monoisotopic (exact) mass is 664 g/mol. The van der Waals surface area contributed by atoms with E-state index in [1.54, 1.807) is 16.7 Å². The number of benzene rings is 2. The molecular weight excluding hydrogens is 609 g/mol. The molecule has 0 aliphatic carbocycles. The second kappa shape index (κ2) is 19.8. The summed E-state index contributed by atoms with van der Waals surface area (Å²) in [6, 6.07) is 16.8. The smallest absolute Gasteiger partial charge is 0.346 e. The first-order chi connectivity index (χ1) is 22.9. The molecule has 2 aromatic rings. The van der Waals surface area contributed by atoms with Gasteiger partial charge in [0.15, 0.2) is 0 Å². The molecule has 2 saturated heterocycles. The summed E-state index contributed by atoms with van der Waals surface area (Å²) in [6.07, 6.45) is 10.9. The minimum atomic E-state index is -1.01. The predicted molar refractivity (Wildman–Crippen MR) is 192 cm³/mol. The number of unbranched alkanes of at least 4 members (excludes halogenated alkanes) is 4. The Bertz CT molecular complexity index is 1270. The molecule has 2 fully saturated rings. The highest BCUT2D eigenvalue weighted by Gasteiger charge is 2.24. The summed E-state index contributed by atoms with van der Waals surface area (Å²) in [6.45, 7) is 12.0. The number of hydrogen-bond acceptors (Lipinski definition) is 8. The van der Waals surface area contributed by atoms with Crippen molar-refractivity contribution in [2.75, 3.05) is 26.2 Å². The topological polar surface area (TPSA) is 87.0 Å². The van der Waals surface area contributed by atoms with E-state index in [2.05, 4.69) is 86.5 Å². The van der Waals surface area contributed by atoms with E-state index in [0.29, 0.717) is 11.8 Å². The van der Waals surface area contributed by atoms with E-state index >= 15 is 0 Å². The lowest BCUT2D eigenvalue weighted by Gasteiger charge is -2.32. The number of aliphatic hydroxyl groups excluding tert-OH is 1. The quantitative estimate of drug-likeness (QED) is 0.0633. The van der Waals surface area contributed by atoms with Gasteiger partial charge in [0, 0.05) is 36.0 Å². The average Bonchev–Trinajstić information content (AvgIpc) is 3.09. The lowest BCUT2D eigenvalue weighted by atomic mass is 10.00. The molecule has 1 N–H and O–H groups in total. The lowest BCUT2D eigenvalue weighted by molar-refractivity contribution is -0.199. The Morgan fingerprint density at radius 3 is 1.72 bits per heavy atom. The fourth-order valence-electron chi connectivity index (χ4n) is 5.91. The Morgan fingerprint density at radius 1 is 0.766 bits per heavy atom. The van der Waals surface area contributed by atoms with Crippen LogP contribution in [-0.4, -0.2) is 65.0 Å². The molecule has 0 radical (unpaired) electrons. The van der Waals surface area contributed by atoms with Gasteiger partial charge in [-0.25, -0.2) is 9.69 Å². The average molecular weight is 665 g/mol. The second-order valence-corrected chi connectivity index (χ2v) is 14.5. The highest BCUT2D eigenvalue weighted by molar-refractivity contribution is 7.99. The maximum absolute atomic E-state index is 12.7. The Hall–Kier alpha value is -2.88. The molecule has 2 heterocycles. The Kier molecular flexibility index (Phi) is 15.6. The summed E-state index contributed by atoms with van der Waals surface area (Å²) in [4.78, 5) is 29.7. The van der Waals surface area contributed by atoms with E-state index in [4.69, 9.17) is 9.68 Å². The highest BCUT2D eigenvalue weighted by Crippen LogP contribution is 2.29. The molecule has 0 spiro atoms. The molecule has 258 valence electrons. The number of nitrogens with zero attached hydrogens (tertiary/aromatic N) is 4. The molecule has 2 aromatic carbocycles. The summed E-state index contributed by atoms with van der Waals surface area (Å²) >= 11 is 1.70. The van der Waals surface area contributed by atoms with Crippen molar-refractivity contribution in [3.63, 3.8) is 0 Å². The van der Waals surface area contributed by atoms with Crippen LogP contribution in [0, 0.1) is 11.8 Å². The Morgan fingerprint density at radius 2 is 1.23 bits per heavy atom. The van der Waals surface area contributed by atoms with E-state index in [1.165, 1.54) is 0 Å². The summed E-state index contributed by atoms with van der Waals surface area (Å²) in [5, 5.41) is 19.4. The standard InChI is InChI=1S/C38H56N4O4S/c1-5-7-9-11-35(39-45-37(43)41-25-21-29(3)22-26-41)31-13-17-33(18-14-31)47-34-19-15-32(16-20-34)36(12-10-8-6-2)40-46-38(44)42-27-23-30(4)24-28-42/h13-20,29-30,37,43H,5-12,21-28H2,1-4H3/b39-35-,40-36-. The molecule has 0 aromatic heterocycles. The molecule has 1 unspecified atom stereocenters. The van der Waals surface area contributed by atoms with Crippen LogP contribution in [0.1, 0.15) is 116 Å². The van der Waals surface area contributed by atoms with Crippen molar-refractivity contribution in [1.82, 2.24) is 9.80 Å². The number of hydrogen-bond donors (Lipinski definition) is 1. The van der Waals surface area contributed by atoms with E-state index in [1.807, 2.05) is 4.90 Å². The molecule has 2 aliphatic rings. The highest BCUT2D eigenvalue weighted by atomic mass is 32.2. The molecule has 8 nitrogen and oxygen atoms in total. The van der Waals surface area contributed by atoms with E-state index < -0.39 is 6.41 Å². The number of carbonyl (C=O) groups is 1. The maximum atomic E-state index is 12.7. The maximum Gasteiger partial charge on any atom is 0.435 e. The largest absolute Gasteiger partial charge is 0.435 e. The van der Waals surface area contributed by atoms with Gasteiger partial charge in [-0.2, -0.15) is 0 Å². The summed E-state index contributed by atoms with van der Waals surface area (Å²) in [7, 11) is 0. The first-order valence-electron chi connectivity index (χ1n) is 17.9.